The summed E-state index contributed by atoms with van der Waals surface area (Å²) in [7, 11) is 0. The van der Waals surface area contributed by atoms with Gasteiger partial charge in [-0.15, -0.1) is 0 Å². The Morgan fingerprint density at radius 3 is 1.85 bits per heavy atom. The fourth-order valence-corrected chi connectivity index (χ4v) is 3.67. The number of aliphatic hydroxyl groups excluding tert-OH is 1. The Morgan fingerprint density at radius 1 is 0.805 bits per heavy atom. The number of aliphatic hydroxyl groups is 1. The number of aliphatic carboxylic acids is 1. The number of nitrogens with one attached hydrogen (secondary N) is 3. The van der Waals surface area contributed by atoms with Gasteiger partial charge < -0.3 is 54.8 Å². The zero-order valence-electron chi connectivity index (χ0n) is 23.0. The summed E-state index contributed by atoms with van der Waals surface area (Å²) >= 11 is 0. The van der Waals surface area contributed by atoms with E-state index in [1.165, 1.54) is 6.92 Å². The minimum Gasteiger partial charge on any atom is -0.480 e. The maximum atomic E-state index is 13.2. The normalized spacial score (nSPS) is 14.3. The number of hydrogen-bond donors (Lipinski definition) is 10. The Hall–Kier alpha value is -4.44. The van der Waals surface area contributed by atoms with Gasteiger partial charge in [0, 0.05) is 19.5 Å². The highest BCUT2D eigenvalue weighted by atomic mass is 16.4. The summed E-state index contributed by atoms with van der Waals surface area (Å²) in [6, 6.07) is 3.69. The molecule has 3 amide bonds. The number of aliphatic imine (C=N–C) groups is 2. The van der Waals surface area contributed by atoms with Gasteiger partial charge in [0.2, 0.25) is 17.7 Å². The number of amides is 3. The van der Waals surface area contributed by atoms with Crippen molar-refractivity contribution in [3.05, 3.63) is 35.9 Å². The minimum atomic E-state index is -1.46. The Morgan fingerprint density at radius 2 is 1.34 bits per heavy atom. The van der Waals surface area contributed by atoms with Gasteiger partial charge in [-0.2, -0.15) is 0 Å². The zero-order valence-corrected chi connectivity index (χ0v) is 23.0. The third-order valence-corrected chi connectivity index (χ3v) is 5.84. The lowest BCUT2D eigenvalue weighted by Crippen LogP contribution is -2.59. The fraction of sp³-hybridized carbons (Fsp3) is 0.520. The molecule has 1 aromatic carbocycles. The van der Waals surface area contributed by atoms with E-state index >= 15 is 0 Å². The molecular weight excluding hydrogens is 536 g/mol. The van der Waals surface area contributed by atoms with Crippen LogP contribution in [-0.4, -0.2) is 89.2 Å². The number of nitrogens with two attached hydrogens (primary N) is 5. The summed E-state index contributed by atoms with van der Waals surface area (Å²) in [6.45, 7) is 1.67. The van der Waals surface area contributed by atoms with Crippen LogP contribution in [0.3, 0.4) is 0 Å². The molecule has 0 saturated carbocycles. The van der Waals surface area contributed by atoms with Crippen LogP contribution in [0.15, 0.2) is 40.3 Å². The molecule has 0 heterocycles. The maximum absolute atomic E-state index is 13.2. The van der Waals surface area contributed by atoms with Crippen molar-refractivity contribution in [3.63, 3.8) is 0 Å². The van der Waals surface area contributed by atoms with Crippen LogP contribution >= 0.6 is 0 Å². The highest BCUT2D eigenvalue weighted by Gasteiger charge is 2.32. The molecule has 0 aliphatic heterocycles. The van der Waals surface area contributed by atoms with Crippen LogP contribution in [0.5, 0.6) is 0 Å². The van der Waals surface area contributed by atoms with Crippen molar-refractivity contribution in [2.45, 2.75) is 69.3 Å². The predicted octanol–water partition coefficient (Wildman–Crippen LogP) is -3.42. The number of carbonyl (C=O) groups excluding carboxylic acids is 3. The van der Waals surface area contributed by atoms with E-state index in [4.69, 9.17) is 28.7 Å². The Balaban J connectivity index is 2.98. The van der Waals surface area contributed by atoms with Crippen molar-refractivity contribution in [2.24, 2.45) is 38.7 Å². The number of carboxylic acids is 1. The predicted molar refractivity (Wildman–Crippen MR) is 153 cm³/mol. The molecule has 5 unspecified atom stereocenters. The summed E-state index contributed by atoms with van der Waals surface area (Å²) in [5.74, 6) is -3.89. The molecule has 1 rings (SSSR count). The third-order valence-electron chi connectivity index (χ3n) is 5.84. The highest BCUT2D eigenvalue weighted by Crippen LogP contribution is 2.07. The van der Waals surface area contributed by atoms with E-state index in [1.54, 1.807) is 30.3 Å². The molecule has 16 heteroatoms. The molecule has 16 nitrogen and oxygen atoms in total. The van der Waals surface area contributed by atoms with Crippen molar-refractivity contribution in [1.82, 2.24) is 16.0 Å². The number of guanidine groups is 2. The summed E-state index contributed by atoms with van der Waals surface area (Å²) in [5, 5.41) is 27.2. The van der Waals surface area contributed by atoms with Gasteiger partial charge in [-0.3, -0.25) is 24.4 Å². The zero-order chi connectivity index (χ0) is 30.9. The Bertz CT molecular complexity index is 1060. The molecular formula is C25H42N10O6. The van der Waals surface area contributed by atoms with E-state index in [0.29, 0.717) is 12.0 Å². The molecule has 1 aromatic rings. The largest absolute Gasteiger partial charge is 0.480 e. The number of carboxylic acid groups (broad SMARTS) is 1. The lowest BCUT2D eigenvalue weighted by molar-refractivity contribution is -0.142. The monoisotopic (exact) mass is 578 g/mol. The molecule has 0 fully saturated rings. The summed E-state index contributed by atoms with van der Waals surface area (Å²) in [5.41, 5.74) is 27.8. The average Bonchev–Trinajstić information content (AvgIpc) is 2.90. The smallest absolute Gasteiger partial charge is 0.326 e. The first-order chi connectivity index (χ1) is 19.3. The van der Waals surface area contributed by atoms with Gasteiger partial charge >= 0.3 is 5.97 Å². The van der Waals surface area contributed by atoms with Gasteiger partial charge in [-0.05, 0) is 38.2 Å². The number of nitrogens with zero attached hydrogens (tertiary/aromatic N) is 2. The number of carbonyl (C=O) groups is 4. The van der Waals surface area contributed by atoms with E-state index in [9.17, 15) is 29.4 Å². The fourth-order valence-electron chi connectivity index (χ4n) is 3.67. The third kappa shape index (κ3) is 14.0. The average molecular weight is 579 g/mol. The van der Waals surface area contributed by atoms with E-state index in [0.717, 1.165) is 0 Å². The van der Waals surface area contributed by atoms with Crippen molar-refractivity contribution >= 4 is 35.6 Å². The standard InChI is InChI=1S/C25H42N10O6/c1-14(36)19(35-20(37)16(26)9-5-11-31-24(27)28)22(39)33-17(10-6-12-32-25(29)30)21(38)34-18(23(40)41)13-15-7-3-2-4-8-15/h2-4,7-8,14,16-19,36H,5-6,9-13,26H2,1H3,(H,33,39)(H,34,38)(H,35,37)(H,40,41)(H4,27,28,31)(H4,29,30,32). The molecule has 0 saturated heterocycles. The Kier molecular flexibility index (Phi) is 15.2. The van der Waals surface area contributed by atoms with Gasteiger partial charge in [-0.1, -0.05) is 30.3 Å². The van der Waals surface area contributed by atoms with Crippen LogP contribution in [0.2, 0.25) is 0 Å². The second-order valence-electron chi connectivity index (χ2n) is 9.38. The van der Waals surface area contributed by atoms with Crippen molar-refractivity contribution in [2.75, 3.05) is 13.1 Å². The van der Waals surface area contributed by atoms with E-state index in [2.05, 4.69) is 25.9 Å². The molecule has 5 atom stereocenters. The molecule has 0 radical (unpaired) electrons. The second-order valence-corrected chi connectivity index (χ2v) is 9.38. The van der Waals surface area contributed by atoms with Crippen molar-refractivity contribution < 1.29 is 29.4 Å². The first-order valence-electron chi connectivity index (χ1n) is 13.0. The van der Waals surface area contributed by atoms with Gasteiger partial charge in [0.15, 0.2) is 11.9 Å². The summed E-state index contributed by atoms with van der Waals surface area (Å²) in [4.78, 5) is 58.4. The summed E-state index contributed by atoms with van der Waals surface area (Å²) < 4.78 is 0. The molecule has 0 aliphatic rings. The maximum Gasteiger partial charge on any atom is 0.326 e. The van der Waals surface area contributed by atoms with Crippen molar-refractivity contribution in [1.29, 1.82) is 0 Å². The number of benzene rings is 1. The lowest BCUT2D eigenvalue weighted by atomic mass is 10.0. The van der Waals surface area contributed by atoms with Crippen LogP contribution in [0, 0.1) is 0 Å². The first-order valence-corrected chi connectivity index (χ1v) is 13.0. The molecule has 228 valence electrons. The quantitative estimate of drug-likeness (QED) is 0.0464. The van der Waals surface area contributed by atoms with E-state index < -0.39 is 54.0 Å². The molecule has 15 N–H and O–H groups in total. The topological polar surface area (TPSA) is 300 Å². The second kappa shape index (κ2) is 18.0. The molecule has 0 aliphatic carbocycles. The van der Waals surface area contributed by atoms with Gasteiger partial charge in [0.25, 0.3) is 0 Å². The lowest BCUT2D eigenvalue weighted by Gasteiger charge is -2.26. The Labute approximate surface area is 238 Å². The van der Waals surface area contributed by atoms with Crippen LogP contribution in [0.25, 0.3) is 0 Å². The van der Waals surface area contributed by atoms with Gasteiger partial charge in [0.1, 0.15) is 18.1 Å². The molecule has 0 bridgehead atoms. The molecule has 41 heavy (non-hydrogen) atoms. The summed E-state index contributed by atoms with van der Waals surface area (Å²) in [6.07, 6.45) is -0.489. The van der Waals surface area contributed by atoms with E-state index in [1.807, 2.05) is 0 Å². The SMILES string of the molecule is CC(O)C(NC(=O)C(N)CCCN=C(N)N)C(=O)NC(CCCN=C(N)N)C(=O)NC(Cc1ccccc1)C(=O)O. The number of hydrogen-bond acceptors (Lipinski definition) is 8. The molecule has 0 aromatic heterocycles. The number of rotatable bonds is 18. The van der Waals surface area contributed by atoms with Crippen LogP contribution in [-0.2, 0) is 25.6 Å². The highest BCUT2D eigenvalue weighted by molar-refractivity contribution is 5.94. The van der Waals surface area contributed by atoms with Crippen molar-refractivity contribution in [3.8, 4) is 0 Å². The minimum absolute atomic E-state index is 0.00398. The van der Waals surface area contributed by atoms with Crippen LogP contribution in [0.4, 0.5) is 0 Å². The van der Waals surface area contributed by atoms with Gasteiger partial charge in [0.05, 0.1) is 12.1 Å². The van der Waals surface area contributed by atoms with E-state index in [-0.39, 0.29) is 50.7 Å². The van der Waals surface area contributed by atoms with Gasteiger partial charge in [-0.25, -0.2) is 4.79 Å². The first kappa shape index (κ1) is 34.6. The molecule has 0 spiro atoms. The van der Waals surface area contributed by atoms with Crippen LogP contribution in [0.1, 0.15) is 38.2 Å². The van der Waals surface area contributed by atoms with Crippen LogP contribution < -0.4 is 44.6 Å².